The third-order valence-electron chi connectivity index (χ3n) is 4.80. The number of hydrogen-bond acceptors (Lipinski definition) is 4. The second-order valence-electron chi connectivity index (χ2n) is 7.23. The van der Waals surface area contributed by atoms with Gasteiger partial charge in [-0.2, -0.15) is 0 Å². The lowest BCUT2D eigenvalue weighted by Gasteiger charge is -2.16. The van der Waals surface area contributed by atoms with Crippen molar-refractivity contribution >= 4 is 5.82 Å². The Morgan fingerprint density at radius 1 is 0.750 bits per heavy atom. The van der Waals surface area contributed by atoms with Gasteiger partial charge < -0.3 is 10.2 Å². The summed E-state index contributed by atoms with van der Waals surface area (Å²) in [7, 11) is 2.20. The van der Waals surface area contributed by atoms with Crippen LogP contribution in [0.3, 0.4) is 0 Å². The molecule has 0 radical (unpaired) electrons. The van der Waals surface area contributed by atoms with E-state index in [1.165, 1.54) is 24.8 Å². The largest absolute Gasteiger partial charge is 0.369 e. The highest BCUT2D eigenvalue weighted by Crippen LogP contribution is 2.16. The SMILES string of the molecule is CN(CCCCCCNc1ccc(-c2ccccc2)nn1)Cc1ccccc1. The molecule has 4 nitrogen and oxygen atoms in total. The van der Waals surface area contributed by atoms with Crippen molar-refractivity contribution in [3.05, 3.63) is 78.4 Å². The molecule has 2 aromatic carbocycles. The zero-order valence-electron chi connectivity index (χ0n) is 16.7. The molecule has 0 aliphatic heterocycles. The Morgan fingerprint density at radius 3 is 2.18 bits per heavy atom. The van der Waals surface area contributed by atoms with Gasteiger partial charge in [0.1, 0.15) is 5.82 Å². The second-order valence-corrected chi connectivity index (χ2v) is 7.23. The van der Waals surface area contributed by atoms with Gasteiger partial charge in [-0.1, -0.05) is 73.5 Å². The smallest absolute Gasteiger partial charge is 0.148 e. The molecule has 0 fully saturated rings. The Balaban J connectivity index is 1.26. The van der Waals surface area contributed by atoms with Gasteiger partial charge in [-0.05, 0) is 44.1 Å². The van der Waals surface area contributed by atoms with Crippen LogP contribution in [0.4, 0.5) is 5.82 Å². The van der Waals surface area contributed by atoms with E-state index in [9.17, 15) is 0 Å². The van der Waals surface area contributed by atoms with Crippen molar-refractivity contribution in [3.8, 4) is 11.3 Å². The second kappa shape index (κ2) is 11.2. The molecule has 0 aliphatic carbocycles. The number of rotatable bonds is 11. The summed E-state index contributed by atoms with van der Waals surface area (Å²) in [6.07, 6.45) is 4.90. The predicted molar refractivity (Wildman–Crippen MR) is 117 cm³/mol. The Morgan fingerprint density at radius 2 is 1.46 bits per heavy atom. The van der Waals surface area contributed by atoms with E-state index >= 15 is 0 Å². The van der Waals surface area contributed by atoms with Crippen molar-refractivity contribution in [3.63, 3.8) is 0 Å². The molecule has 3 aromatic rings. The zero-order valence-corrected chi connectivity index (χ0v) is 16.7. The number of nitrogens with zero attached hydrogens (tertiary/aromatic N) is 3. The highest BCUT2D eigenvalue weighted by Gasteiger charge is 2.01. The van der Waals surface area contributed by atoms with E-state index < -0.39 is 0 Å². The molecule has 0 saturated carbocycles. The van der Waals surface area contributed by atoms with Gasteiger partial charge in [-0.15, -0.1) is 10.2 Å². The number of aromatic nitrogens is 2. The van der Waals surface area contributed by atoms with Crippen molar-refractivity contribution in [2.75, 3.05) is 25.5 Å². The molecule has 0 spiro atoms. The molecule has 0 atom stereocenters. The van der Waals surface area contributed by atoms with E-state index in [0.717, 1.165) is 43.1 Å². The highest BCUT2D eigenvalue weighted by molar-refractivity contribution is 5.59. The summed E-state index contributed by atoms with van der Waals surface area (Å²) in [5.41, 5.74) is 3.39. The highest BCUT2D eigenvalue weighted by atomic mass is 15.2. The lowest BCUT2D eigenvalue weighted by Crippen LogP contribution is -2.19. The number of hydrogen-bond donors (Lipinski definition) is 1. The van der Waals surface area contributed by atoms with E-state index in [1.807, 2.05) is 42.5 Å². The van der Waals surface area contributed by atoms with Crippen molar-refractivity contribution in [1.29, 1.82) is 0 Å². The van der Waals surface area contributed by atoms with Gasteiger partial charge in [-0.25, -0.2) is 0 Å². The third-order valence-corrected chi connectivity index (χ3v) is 4.80. The van der Waals surface area contributed by atoms with Gasteiger partial charge >= 0.3 is 0 Å². The molecule has 0 amide bonds. The first-order valence-corrected chi connectivity index (χ1v) is 10.2. The summed E-state index contributed by atoms with van der Waals surface area (Å²) >= 11 is 0. The molecule has 1 heterocycles. The van der Waals surface area contributed by atoms with Crippen LogP contribution in [0.15, 0.2) is 72.8 Å². The van der Waals surface area contributed by atoms with E-state index in [2.05, 4.69) is 57.8 Å². The first-order valence-electron chi connectivity index (χ1n) is 10.2. The van der Waals surface area contributed by atoms with Gasteiger partial charge in [0.15, 0.2) is 0 Å². The van der Waals surface area contributed by atoms with E-state index in [0.29, 0.717) is 0 Å². The van der Waals surface area contributed by atoms with Crippen LogP contribution >= 0.6 is 0 Å². The molecule has 1 aromatic heterocycles. The maximum absolute atomic E-state index is 4.31. The van der Waals surface area contributed by atoms with Crippen LogP contribution in [0.2, 0.25) is 0 Å². The lowest BCUT2D eigenvalue weighted by atomic mass is 10.1. The monoisotopic (exact) mass is 374 g/mol. The quantitative estimate of drug-likeness (QED) is 0.466. The molecule has 0 bridgehead atoms. The number of anilines is 1. The van der Waals surface area contributed by atoms with E-state index in [-0.39, 0.29) is 0 Å². The number of nitrogens with one attached hydrogen (secondary N) is 1. The lowest BCUT2D eigenvalue weighted by molar-refractivity contribution is 0.317. The fourth-order valence-corrected chi connectivity index (χ4v) is 3.24. The standard InChI is InChI=1S/C24H30N4/c1-28(20-21-12-6-4-7-13-21)19-11-3-2-10-18-25-24-17-16-23(26-27-24)22-14-8-5-9-15-22/h4-9,12-17H,2-3,10-11,18-20H2,1H3,(H,25,27). The Bertz CT molecular complexity index is 788. The molecule has 0 unspecified atom stereocenters. The first-order chi connectivity index (χ1) is 13.8. The fourth-order valence-electron chi connectivity index (χ4n) is 3.24. The summed E-state index contributed by atoms with van der Waals surface area (Å²) in [6.45, 7) is 3.12. The average Bonchev–Trinajstić information content (AvgIpc) is 2.75. The van der Waals surface area contributed by atoms with Gasteiger partial charge in [0, 0.05) is 18.7 Å². The molecular formula is C24H30N4. The summed E-state index contributed by atoms with van der Waals surface area (Å²) in [5.74, 6) is 0.849. The van der Waals surface area contributed by atoms with E-state index in [4.69, 9.17) is 0 Å². The molecule has 28 heavy (non-hydrogen) atoms. The van der Waals surface area contributed by atoms with Crippen LogP contribution in [0.25, 0.3) is 11.3 Å². The topological polar surface area (TPSA) is 41.0 Å². The van der Waals surface area contributed by atoms with Crippen LogP contribution in [-0.4, -0.2) is 35.2 Å². The van der Waals surface area contributed by atoms with Crippen molar-refractivity contribution < 1.29 is 0 Å². The van der Waals surface area contributed by atoms with Crippen molar-refractivity contribution in [2.24, 2.45) is 0 Å². The van der Waals surface area contributed by atoms with Gasteiger partial charge in [-0.3, -0.25) is 0 Å². The Labute approximate surface area is 168 Å². The minimum Gasteiger partial charge on any atom is -0.369 e. The molecule has 0 saturated heterocycles. The van der Waals surface area contributed by atoms with Crippen molar-refractivity contribution in [1.82, 2.24) is 15.1 Å². The van der Waals surface area contributed by atoms with Crippen molar-refractivity contribution in [2.45, 2.75) is 32.2 Å². The molecule has 3 rings (SSSR count). The first kappa shape index (κ1) is 20.0. The fraction of sp³-hybridized carbons (Fsp3) is 0.333. The van der Waals surface area contributed by atoms with Crippen LogP contribution in [-0.2, 0) is 6.54 Å². The van der Waals surface area contributed by atoms with Gasteiger partial charge in [0.05, 0.1) is 5.69 Å². The van der Waals surface area contributed by atoms with Gasteiger partial charge in [0.25, 0.3) is 0 Å². The average molecular weight is 375 g/mol. The summed E-state index contributed by atoms with van der Waals surface area (Å²) in [5, 5.41) is 12.0. The van der Waals surface area contributed by atoms with E-state index in [1.54, 1.807) is 0 Å². The molecule has 146 valence electrons. The van der Waals surface area contributed by atoms with Crippen LogP contribution in [0.5, 0.6) is 0 Å². The maximum atomic E-state index is 4.31. The molecule has 4 heteroatoms. The van der Waals surface area contributed by atoms with Crippen LogP contribution in [0.1, 0.15) is 31.2 Å². The maximum Gasteiger partial charge on any atom is 0.148 e. The minimum absolute atomic E-state index is 0.849. The van der Waals surface area contributed by atoms with Gasteiger partial charge in [0.2, 0.25) is 0 Å². The summed E-state index contributed by atoms with van der Waals surface area (Å²) in [6, 6.07) is 24.8. The Kier molecular flexibility index (Phi) is 8.01. The summed E-state index contributed by atoms with van der Waals surface area (Å²) in [4.78, 5) is 2.40. The Hall–Kier alpha value is -2.72. The molecule has 1 N–H and O–H groups in total. The number of unbranched alkanes of at least 4 members (excludes halogenated alkanes) is 3. The van der Waals surface area contributed by atoms with Crippen LogP contribution < -0.4 is 5.32 Å². The summed E-state index contributed by atoms with van der Waals surface area (Å²) < 4.78 is 0. The third kappa shape index (κ3) is 6.78. The number of benzene rings is 2. The molecule has 0 aliphatic rings. The molecular weight excluding hydrogens is 344 g/mol. The predicted octanol–water partition coefficient (Wildman–Crippen LogP) is 5.25. The zero-order chi connectivity index (χ0) is 19.4. The minimum atomic E-state index is 0.849. The normalized spacial score (nSPS) is 10.9. The van der Waals surface area contributed by atoms with Crippen LogP contribution in [0, 0.1) is 0 Å².